The number of benzene rings is 3. The molecular weight excluding hydrogens is 547 g/mol. The number of likely N-dealkylation sites (N-methyl/N-ethyl adjacent to an activating group) is 1. The summed E-state index contributed by atoms with van der Waals surface area (Å²) in [7, 11) is 5.51. The second kappa shape index (κ2) is 12.9. The van der Waals surface area contributed by atoms with Gasteiger partial charge in [-0.2, -0.15) is 0 Å². The summed E-state index contributed by atoms with van der Waals surface area (Å²) in [6.07, 6.45) is 3.09. The van der Waals surface area contributed by atoms with Gasteiger partial charge in [0.05, 0.1) is 17.3 Å². The van der Waals surface area contributed by atoms with Gasteiger partial charge in [-0.15, -0.1) is 0 Å². The Morgan fingerprint density at radius 3 is 2.45 bits per heavy atom. The number of nitrogens with one attached hydrogen (secondary N) is 1. The fourth-order valence-corrected chi connectivity index (χ4v) is 4.60. The first-order valence-corrected chi connectivity index (χ1v) is 13.4. The molecule has 1 heterocycles. The van der Waals surface area contributed by atoms with E-state index >= 15 is 0 Å². The summed E-state index contributed by atoms with van der Waals surface area (Å²) in [5.74, 6) is -0.122. The Labute approximate surface area is 244 Å². The Bertz CT molecular complexity index is 1570. The van der Waals surface area contributed by atoms with Crippen LogP contribution in [-0.2, 0) is 16.2 Å². The van der Waals surface area contributed by atoms with Crippen molar-refractivity contribution in [3.05, 3.63) is 99.7 Å². The normalized spacial score (nSPS) is 11.1. The highest BCUT2D eigenvalue weighted by Crippen LogP contribution is 2.35. The topological polar surface area (TPSA) is 74.8 Å². The first-order chi connectivity index (χ1) is 19.1. The number of para-hydroxylation sites is 1. The predicted molar refractivity (Wildman–Crippen MR) is 163 cm³/mol. The maximum absolute atomic E-state index is 12.9. The molecule has 0 unspecified atom stereocenters. The molecule has 0 saturated heterocycles. The molecule has 0 spiro atoms. The van der Waals surface area contributed by atoms with Crippen molar-refractivity contribution >= 4 is 63.4 Å². The van der Waals surface area contributed by atoms with Gasteiger partial charge in [0.2, 0.25) is 11.8 Å². The second-order valence-electron chi connectivity index (χ2n) is 9.42. The van der Waals surface area contributed by atoms with Gasteiger partial charge in [0, 0.05) is 54.6 Å². The Morgan fingerprint density at radius 2 is 1.73 bits per heavy atom. The van der Waals surface area contributed by atoms with Crippen LogP contribution >= 0.6 is 23.2 Å². The van der Waals surface area contributed by atoms with Crippen LogP contribution in [0.3, 0.4) is 0 Å². The molecule has 0 atom stereocenters. The molecule has 0 aliphatic rings. The van der Waals surface area contributed by atoms with Crippen LogP contribution < -0.4 is 19.9 Å². The van der Waals surface area contributed by atoms with Crippen molar-refractivity contribution in [1.82, 2.24) is 10.3 Å². The first-order valence-electron chi connectivity index (χ1n) is 12.6. The number of ether oxygens (including phenoxy) is 1. The molecule has 40 heavy (non-hydrogen) atoms. The van der Waals surface area contributed by atoms with E-state index in [9.17, 15) is 9.59 Å². The molecule has 4 aromatic rings. The third-order valence-electron chi connectivity index (χ3n) is 6.35. The van der Waals surface area contributed by atoms with Crippen molar-refractivity contribution < 1.29 is 14.3 Å². The quantitative estimate of drug-likeness (QED) is 0.237. The first kappa shape index (κ1) is 28.9. The molecule has 7 nitrogen and oxygen atoms in total. The van der Waals surface area contributed by atoms with Crippen LogP contribution in [0, 0.1) is 6.92 Å². The standard InChI is InChI=1S/C31H30Cl2N4O3/c1-20-8-12-22-6-5-7-27(31(22)35-20)40-19-24-25(32)15-16-26(30(24)33)37(4)29(39)18-34-28(38)17-11-21-9-13-23(14-10-21)36(2)3/h5-17H,18-19H2,1-4H3,(H,34,38). The molecule has 0 fully saturated rings. The predicted octanol–water partition coefficient (Wildman–Crippen LogP) is 6.29. The summed E-state index contributed by atoms with van der Waals surface area (Å²) in [5.41, 5.74) is 4.55. The van der Waals surface area contributed by atoms with E-state index in [-0.39, 0.29) is 25.0 Å². The number of rotatable bonds is 9. The van der Waals surface area contributed by atoms with Gasteiger partial charge in [-0.25, -0.2) is 4.98 Å². The number of aryl methyl sites for hydroxylation is 1. The molecule has 0 aliphatic carbocycles. The van der Waals surface area contributed by atoms with Gasteiger partial charge in [-0.05, 0) is 55.0 Å². The molecule has 0 saturated carbocycles. The highest BCUT2D eigenvalue weighted by atomic mass is 35.5. The van der Waals surface area contributed by atoms with E-state index in [1.54, 1.807) is 25.3 Å². The van der Waals surface area contributed by atoms with Crippen LogP contribution in [0.25, 0.3) is 17.0 Å². The monoisotopic (exact) mass is 576 g/mol. The van der Waals surface area contributed by atoms with E-state index in [1.165, 1.54) is 11.0 Å². The summed E-state index contributed by atoms with van der Waals surface area (Å²) in [4.78, 5) is 33.2. The lowest BCUT2D eigenvalue weighted by Crippen LogP contribution is -2.37. The number of pyridine rings is 1. The van der Waals surface area contributed by atoms with Gasteiger partial charge in [-0.3, -0.25) is 9.59 Å². The minimum absolute atomic E-state index is 0.0827. The Hall–Kier alpha value is -4.07. The largest absolute Gasteiger partial charge is 0.487 e. The third kappa shape index (κ3) is 6.92. The lowest BCUT2D eigenvalue weighted by molar-refractivity contribution is -0.122. The van der Waals surface area contributed by atoms with Crippen molar-refractivity contribution in [3.8, 4) is 5.75 Å². The van der Waals surface area contributed by atoms with Crippen molar-refractivity contribution in [2.45, 2.75) is 13.5 Å². The van der Waals surface area contributed by atoms with E-state index in [0.717, 1.165) is 27.8 Å². The number of aromatic nitrogens is 1. The number of nitrogens with zero attached hydrogens (tertiary/aromatic N) is 3. The number of carbonyl (C=O) groups excluding carboxylic acids is 2. The van der Waals surface area contributed by atoms with Gasteiger partial charge in [0.25, 0.3) is 0 Å². The van der Waals surface area contributed by atoms with Gasteiger partial charge >= 0.3 is 0 Å². The number of carbonyl (C=O) groups is 2. The number of hydrogen-bond acceptors (Lipinski definition) is 5. The number of halogens is 2. The molecule has 1 N–H and O–H groups in total. The zero-order valence-corrected chi connectivity index (χ0v) is 24.3. The summed E-state index contributed by atoms with van der Waals surface area (Å²) >= 11 is 13.2. The number of hydrogen-bond donors (Lipinski definition) is 1. The summed E-state index contributed by atoms with van der Waals surface area (Å²) in [6, 6.07) is 20.7. The van der Waals surface area contributed by atoms with Crippen molar-refractivity contribution in [3.63, 3.8) is 0 Å². The number of fused-ring (bicyclic) bond motifs is 1. The lowest BCUT2D eigenvalue weighted by atomic mass is 10.1. The van der Waals surface area contributed by atoms with E-state index < -0.39 is 0 Å². The fourth-order valence-electron chi connectivity index (χ4n) is 3.99. The number of amides is 2. The van der Waals surface area contributed by atoms with Crippen LogP contribution in [0.1, 0.15) is 16.8 Å². The van der Waals surface area contributed by atoms with Gasteiger partial charge in [0.15, 0.2) is 0 Å². The summed E-state index contributed by atoms with van der Waals surface area (Å²) in [5, 5.41) is 4.28. The Morgan fingerprint density at radius 1 is 0.975 bits per heavy atom. The highest BCUT2D eigenvalue weighted by molar-refractivity contribution is 6.38. The van der Waals surface area contributed by atoms with Crippen LogP contribution in [0.2, 0.25) is 10.0 Å². The third-order valence-corrected chi connectivity index (χ3v) is 7.12. The van der Waals surface area contributed by atoms with E-state index in [0.29, 0.717) is 27.0 Å². The van der Waals surface area contributed by atoms with E-state index in [4.69, 9.17) is 27.9 Å². The molecule has 1 aromatic heterocycles. The molecule has 206 valence electrons. The molecule has 3 aromatic carbocycles. The van der Waals surface area contributed by atoms with Crippen molar-refractivity contribution in [2.24, 2.45) is 0 Å². The van der Waals surface area contributed by atoms with Gasteiger partial charge in [0.1, 0.15) is 17.9 Å². The maximum Gasteiger partial charge on any atom is 0.246 e. The zero-order valence-electron chi connectivity index (χ0n) is 22.7. The van der Waals surface area contributed by atoms with Gasteiger partial charge < -0.3 is 19.9 Å². The van der Waals surface area contributed by atoms with Gasteiger partial charge in [-0.1, -0.05) is 53.5 Å². The molecule has 9 heteroatoms. The van der Waals surface area contributed by atoms with Crippen LogP contribution in [0.15, 0.2) is 72.8 Å². The second-order valence-corrected chi connectivity index (χ2v) is 10.2. The highest BCUT2D eigenvalue weighted by Gasteiger charge is 2.19. The van der Waals surface area contributed by atoms with Crippen LogP contribution in [0.5, 0.6) is 5.75 Å². The Balaban J connectivity index is 1.40. The molecule has 2 amide bonds. The maximum atomic E-state index is 12.9. The molecule has 4 rings (SSSR count). The molecular formula is C31H30Cl2N4O3. The average Bonchev–Trinajstić information content (AvgIpc) is 2.94. The van der Waals surface area contributed by atoms with Crippen LogP contribution in [-0.4, -0.2) is 44.5 Å². The minimum atomic E-state index is -0.381. The van der Waals surface area contributed by atoms with E-state index in [1.807, 2.05) is 80.5 Å². The minimum Gasteiger partial charge on any atom is -0.487 e. The van der Waals surface area contributed by atoms with E-state index in [2.05, 4.69) is 10.3 Å². The van der Waals surface area contributed by atoms with Crippen molar-refractivity contribution in [1.29, 1.82) is 0 Å². The fraction of sp³-hybridized carbons (Fsp3) is 0.194. The SMILES string of the molecule is Cc1ccc2cccc(OCc3c(Cl)ccc(N(C)C(=O)CNC(=O)C=Cc4ccc(N(C)C)cc4)c3Cl)c2n1. The summed E-state index contributed by atoms with van der Waals surface area (Å²) in [6.45, 7) is 1.80. The number of anilines is 2. The zero-order chi connectivity index (χ0) is 28.8. The molecule has 0 bridgehead atoms. The Kier molecular flexibility index (Phi) is 9.30. The molecule has 0 aliphatic heterocycles. The van der Waals surface area contributed by atoms with Crippen LogP contribution in [0.4, 0.5) is 11.4 Å². The van der Waals surface area contributed by atoms with Crippen molar-refractivity contribution in [2.75, 3.05) is 37.5 Å². The lowest BCUT2D eigenvalue weighted by Gasteiger charge is -2.21. The average molecular weight is 578 g/mol. The summed E-state index contributed by atoms with van der Waals surface area (Å²) < 4.78 is 6.08. The smallest absolute Gasteiger partial charge is 0.246 e. The molecule has 0 radical (unpaired) electrons.